The molecule has 6 nitrogen and oxygen atoms in total. The van der Waals surface area contributed by atoms with E-state index in [0.29, 0.717) is 37.5 Å². The van der Waals surface area contributed by atoms with Gasteiger partial charge in [-0.2, -0.15) is 0 Å². The number of carboxylic acid groups (broad SMARTS) is 2. The average molecular weight is 471 g/mol. The summed E-state index contributed by atoms with van der Waals surface area (Å²) in [4.78, 5) is 22.4. The number of phenolic OH excluding ortho intramolecular Hbond substituents is 1. The van der Waals surface area contributed by atoms with E-state index < -0.39 is 17.5 Å². The van der Waals surface area contributed by atoms with Crippen LogP contribution in [0.1, 0.15) is 106 Å². The molecule has 1 aromatic carbocycles. The predicted octanol–water partition coefficient (Wildman–Crippen LogP) is 4.96. The van der Waals surface area contributed by atoms with Crippen molar-refractivity contribution < 1.29 is 30.0 Å². The molecule has 0 aliphatic heterocycles. The average Bonchev–Trinajstić information content (AvgIpc) is 3.15. The molecule has 0 unspecified atom stereocenters. The zero-order valence-corrected chi connectivity index (χ0v) is 20.2. The normalized spacial score (nSPS) is 35.5. The maximum absolute atomic E-state index is 11.5. The first-order chi connectivity index (χ1) is 16.1. The Morgan fingerprint density at radius 1 is 0.941 bits per heavy atom. The van der Waals surface area contributed by atoms with Crippen molar-refractivity contribution in [3.63, 3.8) is 0 Å². The SMILES string of the molecule is C[C@]12CC[C@@H]3c4c(cc(O)c(CCCC(=O)O)c4CCCC(=O)O)CC[C@H]3C13CCC2(O)CC3. The van der Waals surface area contributed by atoms with Gasteiger partial charge in [0, 0.05) is 18.3 Å². The third-order valence-electron chi connectivity index (χ3n) is 10.6. The van der Waals surface area contributed by atoms with Crippen LogP contribution in [0.2, 0.25) is 0 Å². The van der Waals surface area contributed by atoms with Crippen molar-refractivity contribution in [1.82, 2.24) is 0 Å². The van der Waals surface area contributed by atoms with Gasteiger partial charge >= 0.3 is 11.9 Å². The molecule has 34 heavy (non-hydrogen) atoms. The first-order valence-corrected chi connectivity index (χ1v) is 13.1. The Morgan fingerprint density at radius 3 is 2.18 bits per heavy atom. The van der Waals surface area contributed by atoms with Gasteiger partial charge in [-0.25, -0.2) is 0 Å². The predicted molar refractivity (Wildman–Crippen MR) is 127 cm³/mol. The highest BCUT2D eigenvalue weighted by Crippen LogP contribution is 2.77. The van der Waals surface area contributed by atoms with Crippen molar-refractivity contribution in [3.05, 3.63) is 28.3 Å². The van der Waals surface area contributed by atoms with E-state index in [1.165, 1.54) is 11.1 Å². The van der Waals surface area contributed by atoms with Crippen LogP contribution in [0.25, 0.3) is 0 Å². The molecule has 3 atom stereocenters. The van der Waals surface area contributed by atoms with Crippen LogP contribution in [0.4, 0.5) is 0 Å². The smallest absolute Gasteiger partial charge is 0.303 e. The number of aromatic hydroxyl groups is 1. The molecule has 0 radical (unpaired) electrons. The van der Waals surface area contributed by atoms with Gasteiger partial charge in [0.15, 0.2) is 0 Å². The number of hydrogen-bond donors (Lipinski definition) is 4. The highest BCUT2D eigenvalue weighted by molar-refractivity contribution is 5.67. The number of aryl methyl sites for hydroxylation is 1. The molecule has 3 fully saturated rings. The molecule has 4 N–H and O–H groups in total. The molecule has 6 heteroatoms. The number of phenols is 1. The fourth-order valence-corrected chi connectivity index (χ4v) is 9.01. The molecule has 186 valence electrons. The standard InChI is InChI=1S/C28H38O6/c1-26-11-10-20-21(27(26)12-14-28(26,34)15-13-27)9-8-17-16-22(29)18(4-2-6-23(30)31)19(25(17)20)5-3-7-24(32)33/h16,20-21,29,34H,2-15H2,1H3,(H,30,31)(H,32,33)/t20-,21+,26-,27?,28?/m0/s1. The molecule has 4 aliphatic carbocycles. The van der Waals surface area contributed by atoms with Crippen LogP contribution in [0, 0.1) is 16.7 Å². The van der Waals surface area contributed by atoms with Gasteiger partial charge < -0.3 is 20.4 Å². The molecule has 2 bridgehead atoms. The molecule has 0 amide bonds. The van der Waals surface area contributed by atoms with Gasteiger partial charge in [0.05, 0.1) is 5.60 Å². The van der Waals surface area contributed by atoms with Gasteiger partial charge in [-0.3, -0.25) is 9.59 Å². The Kier molecular flexibility index (Phi) is 5.74. The summed E-state index contributed by atoms with van der Waals surface area (Å²) in [6.45, 7) is 2.33. The zero-order chi connectivity index (χ0) is 24.3. The van der Waals surface area contributed by atoms with Gasteiger partial charge in [0.25, 0.3) is 0 Å². The maximum Gasteiger partial charge on any atom is 0.303 e. The number of benzene rings is 1. The minimum Gasteiger partial charge on any atom is -0.508 e. The van der Waals surface area contributed by atoms with Crippen molar-refractivity contribution in [3.8, 4) is 5.75 Å². The summed E-state index contributed by atoms with van der Waals surface area (Å²) in [6.07, 6.45) is 10.2. The second-order valence-electron chi connectivity index (χ2n) is 11.7. The lowest BCUT2D eigenvalue weighted by Gasteiger charge is -2.57. The molecular formula is C28H38O6. The topological polar surface area (TPSA) is 115 Å². The Bertz CT molecular complexity index is 1000. The van der Waals surface area contributed by atoms with Gasteiger partial charge in [-0.05, 0) is 123 Å². The Balaban J connectivity index is 1.55. The van der Waals surface area contributed by atoms with E-state index in [4.69, 9.17) is 5.11 Å². The van der Waals surface area contributed by atoms with E-state index in [2.05, 4.69) is 6.92 Å². The summed E-state index contributed by atoms with van der Waals surface area (Å²) < 4.78 is 0. The van der Waals surface area contributed by atoms with Gasteiger partial charge in [-0.1, -0.05) is 6.92 Å². The zero-order valence-electron chi connectivity index (χ0n) is 20.2. The van der Waals surface area contributed by atoms with E-state index in [1.54, 1.807) is 0 Å². The van der Waals surface area contributed by atoms with Gasteiger partial charge in [-0.15, -0.1) is 0 Å². The molecule has 0 spiro atoms. The molecular weight excluding hydrogens is 432 g/mol. The van der Waals surface area contributed by atoms with Crippen molar-refractivity contribution in [2.75, 3.05) is 0 Å². The Morgan fingerprint density at radius 2 is 1.56 bits per heavy atom. The van der Waals surface area contributed by atoms with E-state index >= 15 is 0 Å². The van der Waals surface area contributed by atoms with Crippen molar-refractivity contribution >= 4 is 11.9 Å². The van der Waals surface area contributed by atoms with Crippen LogP contribution in [0.3, 0.4) is 0 Å². The third kappa shape index (κ3) is 3.31. The lowest BCUT2D eigenvalue weighted by molar-refractivity contribution is -0.138. The molecule has 5 rings (SSSR count). The summed E-state index contributed by atoms with van der Waals surface area (Å²) >= 11 is 0. The number of rotatable bonds is 8. The lowest BCUT2D eigenvalue weighted by Crippen LogP contribution is -2.52. The quantitative estimate of drug-likeness (QED) is 0.427. The number of fused-ring (bicyclic) bond motifs is 3. The van der Waals surface area contributed by atoms with Crippen LogP contribution < -0.4 is 0 Å². The Labute approximate surface area is 201 Å². The molecule has 0 heterocycles. The van der Waals surface area contributed by atoms with Crippen molar-refractivity contribution in [1.29, 1.82) is 0 Å². The Hall–Kier alpha value is -2.08. The summed E-state index contributed by atoms with van der Waals surface area (Å²) in [5.74, 6) is -0.544. The number of carbonyl (C=O) groups is 2. The largest absolute Gasteiger partial charge is 0.508 e. The minimum absolute atomic E-state index is 0.0244. The van der Waals surface area contributed by atoms with E-state index in [-0.39, 0.29) is 29.4 Å². The van der Waals surface area contributed by atoms with Crippen LogP contribution in [0.15, 0.2) is 6.07 Å². The lowest BCUT2D eigenvalue weighted by atomic mass is 9.47. The summed E-state index contributed by atoms with van der Waals surface area (Å²) in [6, 6.07) is 1.91. The summed E-state index contributed by atoms with van der Waals surface area (Å²) in [5.41, 5.74) is 4.04. The van der Waals surface area contributed by atoms with Gasteiger partial charge in [0.2, 0.25) is 0 Å². The van der Waals surface area contributed by atoms with Crippen molar-refractivity contribution in [2.24, 2.45) is 16.7 Å². The maximum atomic E-state index is 11.5. The highest BCUT2D eigenvalue weighted by Gasteiger charge is 2.73. The van der Waals surface area contributed by atoms with Crippen LogP contribution in [-0.4, -0.2) is 38.0 Å². The summed E-state index contributed by atoms with van der Waals surface area (Å²) in [7, 11) is 0. The molecule has 1 aromatic rings. The van der Waals surface area contributed by atoms with Gasteiger partial charge in [0.1, 0.15) is 5.75 Å². The molecule has 4 aliphatic rings. The van der Waals surface area contributed by atoms with Crippen molar-refractivity contribution in [2.45, 2.75) is 108 Å². The molecule has 0 aromatic heterocycles. The second kappa shape index (κ2) is 8.25. The van der Waals surface area contributed by atoms with Crippen LogP contribution in [0.5, 0.6) is 5.75 Å². The van der Waals surface area contributed by atoms with Crippen LogP contribution >= 0.6 is 0 Å². The monoisotopic (exact) mass is 470 g/mol. The van der Waals surface area contributed by atoms with Crippen LogP contribution in [-0.2, 0) is 28.9 Å². The summed E-state index contributed by atoms with van der Waals surface area (Å²) in [5, 5.41) is 40.8. The first kappa shape index (κ1) is 23.7. The van der Waals surface area contributed by atoms with E-state index in [1.807, 2.05) is 6.07 Å². The third-order valence-corrected chi connectivity index (χ3v) is 10.6. The number of carboxylic acids is 2. The van der Waals surface area contributed by atoms with E-state index in [0.717, 1.165) is 62.5 Å². The first-order valence-electron chi connectivity index (χ1n) is 13.1. The number of aliphatic carboxylic acids is 2. The fourth-order valence-electron chi connectivity index (χ4n) is 9.01. The molecule has 0 saturated heterocycles. The molecule has 3 saturated carbocycles. The number of aliphatic hydroxyl groups is 1. The van der Waals surface area contributed by atoms with E-state index in [9.17, 15) is 24.9 Å². The second-order valence-corrected chi connectivity index (χ2v) is 11.7. The number of hydrogen-bond acceptors (Lipinski definition) is 4. The highest BCUT2D eigenvalue weighted by atomic mass is 16.4. The minimum atomic E-state index is -0.842. The fraction of sp³-hybridized carbons (Fsp3) is 0.714.